The van der Waals surface area contributed by atoms with Gasteiger partial charge in [0.05, 0.1) is 0 Å². The predicted octanol–water partition coefficient (Wildman–Crippen LogP) is 4.09. The summed E-state index contributed by atoms with van der Waals surface area (Å²) in [5.41, 5.74) is 2.07. The smallest absolute Gasteiger partial charge is 0.122 e. The number of ether oxygens (including phenoxy) is 1. The molecule has 0 bridgehead atoms. The molecule has 0 aromatic heterocycles. The fourth-order valence-electron chi connectivity index (χ4n) is 1.30. The first-order chi connectivity index (χ1) is 7.74. The highest BCUT2D eigenvalue weighted by Gasteiger charge is 2.00. The Morgan fingerprint density at radius 3 is 3.00 bits per heavy atom. The summed E-state index contributed by atoms with van der Waals surface area (Å²) in [6.07, 6.45) is 15.0. The Hall–Kier alpha value is -1.76. The van der Waals surface area contributed by atoms with Crippen LogP contribution in [-0.4, -0.2) is 6.61 Å². The van der Waals surface area contributed by atoms with Gasteiger partial charge in [0, 0.05) is 0 Å². The van der Waals surface area contributed by atoms with Gasteiger partial charge in [-0.05, 0) is 30.6 Å². The molecule has 84 valence electrons. The van der Waals surface area contributed by atoms with Crippen LogP contribution in [0.15, 0.2) is 72.6 Å². The molecule has 16 heavy (non-hydrogen) atoms. The van der Waals surface area contributed by atoms with E-state index >= 15 is 0 Å². The van der Waals surface area contributed by atoms with Gasteiger partial charge in [-0.25, -0.2) is 0 Å². The van der Waals surface area contributed by atoms with Crippen molar-refractivity contribution in [3.63, 3.8) is 0 Å². The molecular weight excluding hydrogens is 196 g/mol. The molecule has 0 saturated heterocycles. The van der Waals surface area contributed by atoms with E-state index in [2.05, 4.69) is 43.5 Å². The number of allylic oxidation sites excluding steroid dienone is 7. The predicted molar refractivity (Wildman–Crippen MR) is 70.0 cm³/mol. The largest absolute Gasteiger partial charge is 0.489 e. The van der Waals surface area contributed by atoms with E-state index < -0.39 is 0 Å². The van der Waals surface area contributed by atoms with Crippen molar-refractivity contribution in [1.29, 1.82) is 0 Å². The quantitative estimate of drug-likeness (QED) is 0.494. The average molecular weight is 214 g/mol. The first-order valence-electron chi connectivity index (χ1n) is 5.37. The zero-order valence-electron chi connectivity index (χ0n) is 9.78. The average Bonchev–Trinajstić information content (AvgIpc) is 2.52. The van der Waals surface area contributed by atoms with Crippen molar-refractivity contribution in [2.75, 3.05) is 6.61 Å². The highest BCUT2D eigenvalue weighted by atomic mass is 16.5. The van der Waals surface area contributed by atoms with Gasteiger partial charge in [-0.1, -0.05) is 49.6 Å². The van der Waals surface area contributed by atoms with Gasteiger partial charge in [0.15, 0.2) is 0 Å². The van der Waals surface area contributed by atoms with Crippen LogP contribution in [0.4, 0.5) is 0 Å². The van der Waals surface area contributed by atoms with E-state index in [-0.39, 0.29) is 0 Å². The molecule has 0 radical (unpaired) electrons. The maximum atomic E-state index is 5.68. The summed E-state index contributed by atoms with van der Waals surface area (Å²) in [6, 6.07) is 0. The number of hydrogen-bond donors (Lipinski definition) is 0. The van der Waals surface area contributed by atoms with Crippen LogP contribution in [0.25, 0.3) is 0 Å². The molecular formula is C15H18O. The topological polar surface area (TPSA) is 9.23 Å². The van der Waals surface area contributed by atoms with Crippen LogP contribution in [0.5, 0.6) is 0 Å². The molecule has 0 saturated carbocycles. The summed E-state index contributed by atoms with van der Waals surface area (Å²) in [6.45, 7) is 10.0. The molecule has 0 aromatic rings. The zero-order valence-corrected chi connectivity index (χ0v) is 9.78. The van der Waals surface area contributed by atoms with E-state index in [0.717, 1.165) is 23.3 Å². The van der Waals surface area contributed by atoms with Crippen molar-refractivity contribution >= 4 is 0 Å². The SMILES string of the molecule is C=C/C=C(/OCC1=CC=CCC=C1)C(=C)C. The molecule has 1 nitrogen and oxygen atoms in total. The fourth-order valence-corrected chi connectivity index (χ4v) is 1.30. The minimum absolute atomic E-state index is 0.563. The number of hydrogen-bond acceptors (Lipinski definition) is 1. The van der Waals surface area contributed by atoms with Crippen LogP contribution < -0.4 is 0 Å². The van der Waals surface area contributed by atoms with E-state index in [0.29, 0.717) is 6.61 Å². The van der Waals surface area contributed by atoms with E-state index in [4.69, 9.17) is 4.74 Å². The molecule has 0 unspecified atom stereocenters. The first-order valence-corrected chi connectivity index (χ1v) is 5.37. The molecule has 0 atom stereocenters. The van der Waals surface area contributed by atoms with Gasteiger partial charge in [-0.15, -0.1) is 0 Å². The Morgan fingerprint density at radius 2 is 2.31 bits per heavy atom. The monoisotopic (exact) mass is 214 g/mol. The van der Waals surface area contributed by atoms with E-state index in [9.17, 15) is 0 Å². The summed E-state index contributed by atoms with van der Waals surface area (Å²) in [7, 11) is 0. The molecule has 0 heterocycles. The zero-order chi connectivity index (χ0) is 11.8. The third-order valence-corrected chi connectivity index (χ3v) is 2.13. The summed E-state index contributed by atoms with van der Waals surface area (Å²) in [5, 5.41) is 0. The van der Waals surface area contributed by atoms with E-state index in [1.165, 1.54) is 0 Å². The Bertz CT molecular complexity index is 378. The van der Waals surface area contributed by atoms with Crippen molar-refractivity contribution in [1.82, 2.24) is 0 Å². The van der Waals surface area contributed by atoms with Crippen molar-refractivity contribution in [2.45, 2.75) is 13.3 Å². The van der Waals surface area contributed by atoms with Gasteiger partial charge in [0.1, 0.15) is 12.4 Å². The van der Waals surface area contributed by atoms with Crippen LogP contribution in [0, 0.1) is 0 Å². The van der Waals surface area contributed by atoms with Crippen LogP contribution >= 0.6 is 0 Å². The molecule has 0 aromatic carbocycles. The second-order valence-electron chi connectivity index (χ2n) is 3.64. The van der Waals surface area contributed by atoms with Crippen LogP contribution in [0.1, 0.15) is 13.3 Å². The lowest BCUT2D eigenvalue weighted by Gasteiger charge is -2.10. The molecule has 0 aliphatic heterocycles. The molecule has 0 amide bonds. The van der Waals surface area contributed by atoms with Gasteiger partial charge >= 0.3 is 0 Å². The number of rotatable bonds is 5. The Morgan fingerprint density at radius 1 is 1.50 bits per heavy atom. The summed E-state index contributed by atoms with van der Waals surface area (Å²) < 4.78 is 5.68. The summed E-state index contributed by atoms with van der Waals surface area (Å²) in [5.74, 6) is 0.789. The fraction of sp³-hybridized carbons (Fsp3) is 0.200. The van der Waals surface area contributed by atoms with Gasteiger partial charge in [0.25, 0.3) is 0 Å². The molecule has 1 heteroatoms. The molecule has 0 spiro atoms. The molecule has 1 rings (SSSR count). The van der Waals surface area contributed by atoms with E-state index in [1.54, 1.807) is 6.08 Å². The lowest BCUT2D eigenvalue weighted by Crippen LogP contribution is -1.97. The maximum Gasteiger partial charge on any atom is 0.122 e. The van der Waals surface area contributed by atoms with Crippen molar-refractivity contribution in [3.8, 4) is 0 Å². The van der Waals surface area contributed by atoms with Gasteiger partial charge in [-0.3, -0.25) is 0 Å². The van der Waals surface area contributed by atoms with Gasteiger partial charge < -0.3 is 4.74 Å². The highest BCUT2D eigenvalue weighted by Crippen LogP contribution is 2.12. The molecule has 0 N–H and O–H groups in total. The van der Waals surface area contributed by atoms with Crippen LogP contribution in [0.3, 0.4) is 0 Å². The molecule has 1 aliphatic carbocycles. The third-order valence-electron chi connectivity index (χ3n) is 2.13. The van der Waals surface area contributed by atoms with Crippen LogP contribution in [0.2, 0.25) is 0 Å². The Balaban J connectivity index is 2.58. The minimum atomic E-state index is 0.563. The Kier molecular flexibility index (Phi) is 5.13. The lowest BCUT2D eigenvalue weighted by atomic mass is 10.2. The normalized spacial score (nSPS) is 15.3. The molecule has 0 fully saturated rings. The van der Waals surface area contributed by atoms with Crippen LogP contribution in [-0.2, 0) is 4.74 Å². The van der Waals surface area contributed by atoms with Crippen molar-refractivity contribution in [3.05, 3.63) is 72.6 Å². The molecule has 1 aliphatic rings. The van der Waals surface area contributed by atoms with Crippen molar-refractivity contribution in [2.24, 2.45) is 0 Å². The standard InChI is InChI=1S/C15H18O/c1-4-9-15(13(2)3)16-12-14-10-7-5-6-8-11-14/h4-5,7-11H,1-2,6,12H2,3H3/b15-9+. The van der Waals surface area contributed by atoms with Gasteiger partial charge in [-0.2, -0.15) is 0 Å². The third kappa shape index (κ3) is 4.18. The second kappa shape index (κ2) is 6.67. The maximum absolute atomic E-state index is 5.68. The summed E-state index contributed by atoms with van der Waals surface area (Å²) >= 11 is 0. The van der Waals surface area contributed by atoms with Gasteiger partial charge in [0.2, 0.25) is 0 Å². The van der Waals surface area contributed by atoms with E-state index in [1.807, 2.05) is 13.0 Å². The van der Waals surface area contributed by atoms with Crippen molar-refractivity contribution < 1.29 is 4.74 Å². The second-order valence-corrected chi connectivity index (χ2v) is 3.64. The summed E-state index contributed by atoms with van der Waals surface area (Å²) in [4.78, 5) is 0. The minimum Gasteiger partial charge on any atom is -0.489 e. The lowest BCUT2D eigenvalue weighted by molar-refractivity contribution is 0.251. The Labute approximate surface area is 97.8 Å². The highest BCUT2D eigenvalue weighted by molar-refractivity contribution is 5.29. The first kappa shape index (κ1) is 12.3.